The summed E-state index contributed by atoms with van der Waals surface area (Å²) in [6, 6.07) is 4.73. The highest BCUT2D eigenvalue weighted by atomic mass is 32.2. The Hall–Kier alpha value is -1.77. The Kier molecular flexibility index (Phi) is 4.98. The molecular weight excluding hydrogens is 297 g/mol. The summed E-state index contributed by atoms with van der Waals surface area (Å²) in [5.74, 6) is -0.289. The van der Waals surface area contributed by atoms with Crippen LogP contribution in [0, 0.1) is 0 Å². The number of alkyl halides is 3. The largest absolute Gasteiger partial charge is 0.501 e. The van der Waals surface area contributed by atoms with E-state index < -0.39 is 20.2 Å². The second-order valence-electron chi connectivity index (χ2n) is 3.86. The van der Waals surface area contributed by atoms with Crippen molar-refractivity contribution < 1.29 is 26.4 Å². The molecule has 0 aliphatic carbocycles. The molecule has 0 unspecified atom stereocenters. The first kappa shape index (κ1) is 16.3. The third-order valence-electron chi connectivity index (χ3n) is 2.30. The number of anilines is 1. The van der Waals surface area contributed by atoms with Gasteiger partial charge in [0, 0.05) is 20.0 Å². The van der Waals surface area contributed by atoms with Gasteiger partial charge in [0.1, 0.15) is 0 Å². The molecule has 0 aliphatic rings. The van der Waals surface area contributed by atoms with E-state index in [2.05, 4.69) is 10.6 Å². The van der Waals surface area contributed by atoms with Crippen LogP contribution in [-0.2, 0) is 14.6 Å². The zero-order chi connectivity index (χ0) is 15.4. The zero-order valence-electron chi connectivity index (χ0n) is 10.5. The van der Waals surface area contributed by atoms with Crippen LogP contribution in [0.1, 0.15) is 6.92 Å². The first-order valence-electron chi connectivity index (χ1n) is 5.55. The molecule has 1 amide bonds. The summed E-state index contributed by atoms with van der Waals surface area (Å²) in [6.07, 6.45) is 0. The highest BCUT2D eigenvalue weighted by molar-refractivity contribution is 7.92. The molecule has 0 bridgehead atoms. The number of nitrogens with one attached hydrogen (secondary N) is 2. The number of hydrogen-bond acceptors (Lipinski definition) is 4. The van der Waals surface area contributed by atoms with Gasteiger partial charge in [-0.15, -0.1) is 0 Å². The van der Waals surface area contributed by atoms with Gasteiger partial charge >= 0.3 is 5.51 Å². The van der Waals surface area contributed by atoms with E-state index in [0.29, 0.717) is 0 Å². The van der Waals surface area contributed by atoms with Crippen molar-refractivity contribution in [1.29, 1.82) is 0 Å². The van der Waals surface area contributed by atoms with Crippen LogP contribution in [0.25, 0.3) is 0 Å². The predicted octanol–water partition coefficient (Wildman–Crippen LogP) is 1.53. The molecule has 112 valence electrons. The number of hydrogen-bond donors (Lipinski definition) is 2. The molecule has 0 aromatic heterocycles. The zero-order valence-corrected chi connectivity index (χ0v) is 11.3. The highest BCUT2D eigenvalue weighted by Crippen LogP contribution is 2.33. The van der Waals surface area contributed by atoms with Gasteiger partial charge in [-0.25, -0.2) is 8.42 Å². The third kappa shape index (κ3) is 3.86. The van der Waals surface area contributed by atoms with E-state index in [9.17, 15) is 26.4 Å². The molecule has 1 aromatic carbocycles. The van der Waals surface area contributed by atoms with E-state index in [1.807, 2.05) is 0 Å². The predicted molar refractivity (Wildman–Crippen MR) is 66.9 cm³/mol. The van der Waals surface area contributed by atoms with E-state index >= 15 is 0 Å². The van der Waals surface area contributed by atoms with E-state index in [0.717, 1.165) is 6.07 Å². The lowest BCUT2D eigenvalue weighted by Crippen LogP contribution is -2.28. The normalized spacial score (nSPS) is 12.0. The van der Waals surface area contributed by atoms with E-state index in [4.69, 9.17) is 0 Å². The van der Waals surface area contributed by atoms with Crippen LogP contribution in [0.2, 0.25) is 0 Å². The standard InChI is InChI=1S/C11H13F3N2O3S/c1-8(17)15-6-7-16-9-4-2-3-5-10(9)20(18,19)11(12,13)14/h2-5,16H,6-7H2,1H3,(H,15,17). The number of carbonyl (C=O) groups excluding carboxylic acids is 1. The molecule has 9 heteroatoms. The number of sulfone groups is 1. The molecule has 0 spiro atoms. The fourth-order valence-electron chi connectivity index (χ4n) is 1.41. The van der Waals surface area contributed by atoms with Crippen molar-refractivity contribution in [1.82, 2.24) is 5.32 Å². The Labute approximate surface area is 114 Å². The Morgan fingerprint density at radius 1 is 1.20 bits per heavy atom. The average molecular weight is 310 g/mol. The third-order valence-corrected chi connectivity index (χ3v) is 3.84. The molecule has 5 nitrogen and oxygen atoms in total. The van der Waals surface area contributed by atoms with Crippen LogP contribution in [0.15, 0.2) is 29.2 Å². The minimum absolute atomic E-state index is 0.101. The van der Waals surface area contributed by atoms with E-state index in [1.54, 1.807) is 0 Å². The molecule has 0 fully saturated rings. The number of halogens is 3. The molecule has 0 saturated carbocycles. The molecule has 20 heavy (non-hydrogen) atoms. The first-order chi connectivity index (χ1) is 9.16. The Bertz CT molecular complexity index is 585. The minimum Gasteiger partial charge on any atom is -0.382 e. The lowest BCUT2D eigenvalue weighted by molar-refractivity contribution is -0.118. The average Bonchev–Trinajstić information content (AvgIpc) is 2.33. The summed E-state index contributed by atoms with van der Waals surface area (Å²) < 4.78 is 60.3. The van der Waals surface area contributed by atoms with Gasteiger partial charge in [0.15, 0.2) is 0 Å². The van der Waals surface area contributed by atoms with Crippen LogP contribution in [-0.4, -0.2) is 32.9 Å². The summed E-state index contributed by atoms with van der Waals surface area (Å²) in [5, 5.41) is 4.98. The van der Waals surface area contributed by atoms with Crippen molar-refractivity contribution in [3.8, 4) is 0 Å². The summed E-state index contributed by atoms with van der Waals surface area (Å²) in [6.45, 7) is 1.56. The van der Waals surface area contributed by atoms with Crippen molar-refractivity contribution in [2.75, 3.05) is 18.4 Å². The lowest BCUT2D eigenvalue weighted by Gasteiger charge is -2.14. The van der Waals surface area contributed by atoms with Gasteiger partial charge in [-0.3, -0.25) is 4.79 Å². The monoisotopic (exact) mass is 310 g/mol. The fourth-order valence-corrected chi connectivity index (χ4v) is 2.34. The second-order valence-corrected chi connectivity index (χ2v) is 5.76. The molecule has 1 rings (SSSR count). The van der Waals surface area contributed by atoms with Crippen molar-refractivity contribution in [3.63, 3.8) is 0 Å². The van der Waals surface area contributed by atoms with Crippen molar-refractivity contribution in [2.24, 2.45) is 0 Å². The second kappa shape index (κ2) is 6.12. The van der Waals surface area contributed by atoms with Gasteiger partial charge in [0.2, 0.25) is 5.91 Å². The molecule has 0 saturated heterocycles. The number of benzene rings is 1. The fraction of sp³-hybridized carbons (Fsp3) is 0.364. The van der Waals surface area contributed by atoms with Gasteiger partial charge in [0.25, 0.3) is 9.84 Å². The molecule has 0 radical (unpaired) electrons. The molecule has 0 heterocycles. The topological polar surface area (TPSA) is 75.3 Å². The van der Waals surface area contributed by atoms with E-state index in [-0.39, 0.29) is 24.7 Å². The lowest BCUT2D eigenvalue weighted by atomic mass is 10.3. The van der Waals surface area contributed by atoms with Crippen LogP contribution >= 0.6 is 0 Å². The molecule has 2 N–H and O–H groups in total. The van der Waals surface area contributed by atoms with Crippen LogP contribution in [0.5, 0.6) is 0 Å². The van der Waals surface area contributed by atoms with Gasteiger partial charge in [-0.05, 0) is 12.1 Å². The van der Waals surface area contributed by atoms with Gasteiger partial charge in [0.05, 0.1) is 10.6 Å². The van der Waals surface area contributed by atoms with Crippen LogP contribution < -0.4 is 10.6 Å². The van der Waals surface area contributed by atoms with Crippen LogP contribution in [0.3, 0.4) is 0 Å². The number of carbonyl (C=O) groups is 1. The number of amides is 1. The Balaban J connectivity index is 2.92. The maximum Gasteiger partial charge on any atom is 0.501 e. The maximum absolute atomic E-state index is 12.5. The first-order valence-corrected chi connectivity index (χ1v) is 7.03. The van der Waals surface area contributed by atoms with Crippen LogP contribution in [0.4, 0.5) is 18.9 Å². The Morgan fingerprint density at radius 3 is 2.35 bits per heavy atom. The summed E-state index contributed by atoms with van der Waals surface area (Å²) in [4.78, 5) is 9.79. The van der Waals surface area contributed by atoms with Crippen molar-refractivity contribution in [2.45, 2.75) is 17.3 Å². The van der Waals surface area contributed by atoms with Crippen molar-refractivity contribution >= 4 is 21.4 Å². The quantitative estimate of drug-likeness (QED) is 0.809. The van der Waals surface area contributed by atoms with Gasteiger partial charge in [-0.1, -0.05) is 12.1 Å². The maximum atomic E-state index is 12.5. The SMILES string of the molecule is CC(=O)NCCNc1ccccc1S(=O)(=O)C(F)(F)F. The van der Waals surface area contributed by atoms with Gasteiger partial charge < -0.3 is 10.6 Å². The smallest absolute Gasteiger partial charge is 0.382 e. The number of rotatable bonds is 5. The molecule has 0 aliphatic heterocycles. The Morgan fingerprint density at radius 2 is 1.80 bits per heavy atom. The molecule has 0 atom stereocenters. The molecule has 1 aromatic rings. The van der Waals surface area contributed by atoms with Gasteiger partial charge in [-0.2, -0.15) is 13.2 Å². The highest BCUT2D eigenvalue weighted by Gasteiger charge is 2.47. The summed E-state index contributed by atoms with van der Waals surface area (Å²) in [7, 11) is -5.41. The summed E-state index contributed by atoms with van der Waals surface area (Å²) in [5.41, 5.74) is -5.52. The summed E-state index contributed by atoms with van der Waals surface area (Å²) >= 11 is 0. The van der Waals surface area contributed by atoms with Crippen molar-refractivity contribution in [3.05, 3.63) is 24.3 Å². The molecular formula is C11H13F3N2O3S. The minimum atomic E-state index is -5.41. The van der Waals surface area contributed by atoms with E-state index in [1.165, 1.54) is 25.1 Å². The number of para-hydroxylation sites is 1.